The number of hydrogen-bond donors (Lipinski definition) is 3. The number of ketones is 1. The highest BCUT2D eigenvalue weighted by atomic mass is 32.1. The number of aromatic nitrogens is 1. The number of hydrogen-bond acceptors (Lipinski definition) is 4. The first-order chi connectivity index (χ1) is 22.5. The van der Waals surface area contributed by atoms with Crippen LogP contribution >= 0.6 is 12.2 Å². The molecule has 2 unspecified atom stereocenters. The summed E-state index contributed by atoms with van der Waals surface area (Å²) in [6, 6.07) is 8.82. The first-order valence-corrected chi connectivity index (χ1v) is 16.8. The second kappa shape index (κ2) is 14.8. The summed E-state index contributed by atoms with van der Waals surface area (Å²) in [4.78, 5) is 46.7. The summed E-state index contributed by atoms with van der Waals surface area (Å²) in [6.07, 6.45) is -3.46. The minimum atomic E-state index is -4.60. The van der Waals surface area contributed by atoms with E-state index in [0.717, 1.165) is 6.07 Å². The summed E-state index contributed by atoms with van der Waals surface area (Å²) in [5, 5.41) is 3.35. The highest BCUT2D eigenvalue weighted by Crippen LogP contribution is 2.41. The minimum Gasteiger partial charge on any atom is -0.393 e. The van der Waals surface area contributed by atoms with Gasteiger partial charge in [0.2, 0.25) is 11.8 Å². The minimum absolute atomic E-state index is 0.0317. The average Bonchev–Trinajstić information content (AvgIpc) is 3.41. The second-order valence-electron chi connectivity index (χ2n) is 13.2. The molecule has 0 spiro atoms. The van der Waals surface area contributed by atoms with E-state index in [1.807, 2.05) is 27.7 Å². The number of aromatic amines is 1. The topological polar surface area (TPSA) is 108 Å². The third kappa shape index (κ3) is 7.58. The van der Waals surface area contributed by atoms with E-state index in [-0.39, 0.29) is 65.8 Å². The fourth-order valence-corrected chi connectivity index (χ4v) is 7.13. The van der Waals surface area contributed by atoms with Crippen LogP contribution in [0.2, 0.25) is 0 Å². The number of carbonyl (C=O) groups is 3. The van der Waals surface area contributed by atoms with E-state index in [4.69, 9.17) is 18.0 Å². The van der Waals surface area contributed by atoms with Crippen LogP contribution in [0.5, 0.6) is 0 Å². The molecule has 1 aliphatic rings. The number of para-hydroxylation sites is 1. The van der Waals surface area contributed by atoms with Gasteiger partial charge in [0, 0.05) is 36.9 Å². The van der Waals surface area contributed by atoms with Crippen LogP contribution in [-0.2, 0) is 39.8 Å². The molecule has 5 atom stereocenters. The van der Waals surface area contributed by atoms with Crippen molar-refractivity contribution in [2.45, 2.75) is 90.4 Å². The van der Waals surface area contributed by atoms with Gasteiger partial charge in [-0.3, -0.25) is 14.4 Å². The Balaban J connectivity index is 1.76. The maximum absolute atomic E-state index is 14.5. The Hall–Kier alpha value is -3.80. The molecule has 7 nitrogen and oxygen atoms in total. The second-order valence-corrected chi connectivity index (χ2v) is 13.7. The van der Waals surface area contributed by atoms with Crippen LogP contribution in [0, 0.1) is 23.6 Å². The number of nitrogens with zero attached hydrogens (tertiary/aromatic N) is 1. The van der Waals surface area contributed by atoms with Crippen molar-refractivity contribution in [1.82, 2.24) is 15.2 Å². The molecule has 1 heterocycles. The Kier molecular flexibility index (Phi) is 11.4. The van der Waals surface area contributed by atoms with Gasteiger partial charge in [-0.2, -0.15) is 13.2 Å². The maximum atomic E-state index is 14.5. The number of Topliss-reactive ketones (excluding diaryl/α,β-unsaturated/α-hetero) is 1. The van der Waals surface area contributed by atoms with Crippen LogP contribution in [0.3, 0.4) is 0 Å². The smallest absolute Gasteiger partial charge is 0.393 e. The first kappa shape index (κ1) is 37.0. The van der Waals surface area contributed by atoms with Crippen molar-refractivity contribution in [3.63, 3.8) is 0 Å². The van der Waals surface area contributed by atoms with Gasteiger partial charge in [0.1, 0.15) is 17.4 Å². The van der Waals surface area contributed by atoms with Gasteiger partial charge in [0.25, 0.3) is 0 Å². The van der Waals surface area contributed by atoms with E-state index in [2.05, 4.69) is 10.3 Å². The number of fused-ring (bicyclic) bond motifs is 3. The van der Waals surface area contributed by atoms with Crippen molar-refractivity contribution >= 4 is 45.7 Å². The van der Waals surface area contributed by atoms with Crippen molar-refractivity contribution < 1.29 is 31.9 Å². The van der Waals surface area contributed by atoms with E-state index in [1.165, 1.54) is 36.2 Å². The number of rotatable bonds is 13. The Morgan fingerprint density at radius 3 is 2.33 bits per heavy atom. The largest absolute Gasteiger partial charge is 0.418 e. The van der Waals surface area contributed by atoms with Gasteiger partial charge in [-0.05, 0) is 47.9 Å². The number of likely N-dealkylation sites (N-methyl/N-ethyl adjacent to an activating group) is 1. The average molecular weight is 689 g/mol. The van der Waals surface area contributed by atoms with Gasteiger partial charge in [-0.1, -0.05) is 83.1 Å². The molecule has 0 bridgehead atoms. The molecule has 4 N–H and O–H groups in total. The third-order valence-electron chi connectivity index (χ3n) is 10.2. The van der Waals surface area contributed by atoms with E-state index >= 15 is 0 Å². The molecule has 1 aromatic heterocycles. The van der Waals surface area contributed by atoms with Gasteiger partial charge >= 0.3 is 6.18 Å². The van der Waals surface area contributed by atoms with Crippen LogP contribution in [0.25, 0.3) is 10.9 Å². The van der Waals surface area contributed by atoms with E-state index < -0.39 is 46.9 Å². The van der Waals surface area contributed by atoms with Crippen LogP contribution in [0.4, 0.5) is 17.6 Å². The fraction of sp³-hybridized carbons (Fsp3) is 0.500. The molecule has 4 rings (SSSR count). The van der Waals surface area contributed by atoms with Gasteiger partial charge in [-0.25, -0.2) is 4.39 Å². The highest BCUT2D eigenvalue weighted by molar-refractivity contribution is 7.80. The number of benzene rings is 2. The van der Waals surface area contributed by atoms with Gasteiger partial charge in [0.05, 0.1) is 22.5 Å². The van der Waals surface area contributed by atoms with Crippen molar-refractivity contribution in [3.05, 3.63) is 70.7 Å². The molecule has 0 radical (unpaired) electrons. The summed E-state index contributed by atoms with van der Waals surface area (Å²) < 4.78 is 56.3. The zero-order valence-electron chi connectivity index (χ0n) is 28.0. The lowest BCUT2D eigenvalue weighted by atomic mass is 9.73. The Bertz CT molecular complexity index is 1690. The molecule has 0 fully saturated rings. The molecule has 12 heteroatoms. The summed E-state index contributed by atoms with van der Waals surface area (Å²) in [5.41, 5.74) is 4.99. The van der Waals surface area contributed by atoms with E-state index in [0.29, 0.717) is 29.5 Å². The normalized spacial score (nSPS) is 18.8. The monoisotopic (exact) mass is 688 g/mol. The van der Waals surface area contributed by atoms with Crippen molar-refractivity contribution in [2.24, 2.45) is 23.5 Å². The number of carbonyl (C=O) groups excluding carboxylic acids is 3. The summed E-state index contributed by atoms with van der Waals surface area (Å²) >= 11 is 5.34. The van der Waals surface area contributed by atoms with E-state index in [1.54, 1.807) is 12.1 Å². The molecular formula is C36H44F4N4O3S. The molecule has 2 aromatic carbocycles. The molecule has 48 heavy (non-hydrogen) atoms. The predicted molar refractivity (Wildman–Crippen MR) is 182 cm³/mol. The van der Waals surface area contributed by atoms with Crippen LogP contribution in [0.15, 0.2) is 42.5 Å². The molecule has 2 amide bonds. The number of amides is 2. The van der Waals surface area contributed by atoms with Gasteiger partial charge < -0.3 is 20.9 Å². The van der Waals surface area contributed by atoms with E-state index in [9.17, 15) is 31.9 Å². The standard InChI is InChI=1S/C36H44F4N4O3S/c1-6-20(3)24(33(41)48)18-29(45)35(16-15-28-25(19-35)23-12-10-13-26(31(23)42-28)36(38,39)40)43-34(47)32(21(4)7-2)44(5)30(46)17-22-11-8-9-14-27(22)37/h8-14,20-21,24,32,42H,6-7,15-19H2,1-5H3,(H2,41,48)(H,43,47)/t20?,21?,24-,32-,35+/m0/s1. The Morgan fingerprint density at radius 2 is 1.73 bits per heavy atom. The molecule has 3 aromatic rings. The number of nitrogens with one attached hydrogen (secondary N) is 2. The lowest BCUT2D eigenvalue weighted by Crippen LogP contribution is -2.63. The predicted octanol–water partition coefficient (Wildman–Crippen LogP) is 6.69. The number of thiocarbonyl (C=S) groups is 1. The van der Waals surface area contributed by atoms with Crippen molar-refractivity contribution in [2.75, 3.05) is 7.05 Å². The molecule has 260 valence electrons. The molecule has 1 aliphatic carbocycles. The molecule has 0 saturated heterocycles. The Labute approximate surface area is 284 Å². The van der Waals surface area contributed by atoms with Gasteiger partial charge in [0.15, 0.2) is 5.78 Å². The highest BCUT2D eigenvalue weighted by Gasteiger charge is 2.47. The summed E-state index contributed by atoms with van der Waals surface area (Å²) in [7, 11) is 1.48. The lowest BCUT2D eigenvalue weighted by molar-refractivity contribution is -0.143. The van der Waals surface area contributed by atoms with Gasteiger partial charge in [-0.15, -0.1) is 0 Å². The molecule has 0 saturated carbocycles. The zero-order chi connectivity index (χ0) is 35.6. The molecular weight excluding hydrogens is 644 g/mol. The third-order valence-corrected chi connectivity index (χ3v) is 10.5. The first-order valence-electron chi connectivity index (χ1n) is 16.4. The SMILES string of the molecule is CCC(C)[C@H](CC(=O)[C@@]1(NC(=O)[C@H](C(C)CC)N(C)C(=O)Cc2ccccc2F)CCc2[nH]c3c(C(F)(F)F)cccc3c2C1)C(N)=S. The quantitative estimate of drug-likeness (QED) is 0.137. The molecule has 0 aliphatic heterocycles. The maximum Gasteiger partial charge on any atom is 0.418 e. The summed E-state index contributed by atoms with van der Waals surface area (Å²) in [5.74, 6) is -2.75. The van der Waals surface area contributed by atoms with Crippen LogP contribution in [0.1, 0.15) is 75.8 Å². The number of aryl methyl sites for hydroxylation is 1. The zero-order valence-corrected chi connectivity index (χ0v) is 28.8. The number of nitrogens with two attached hydrogens (primary N) is 1. The number of H-pyrrole nitrogens is 1. The fourth-order valence-electron chi connectivity index (χ4n) is 6.82. The van der Waals surface area contributed by atoms with Crippen molar-refractivity contribution in [3.8, 4) is 0 Å². The number of alkyl halides is 3. The lowest BCUT2D eigenvalue weighted by Gasteiger charge is -2.41. The van der Waals surface area contributed by atoms with Crippen LogP contribution < -0.4 is 11.1 Å². The Morgan fingerprint density at radius 1 is 1.06 bits per heavy atom. The number of halogens is 4. The van der Waals surface area contributed by atoms with Crippen LogP contribution in [-0.4, -0.2) is 51.1 Å². The van der Waals surface area contributed by atoms with Crippen molar-refractivity contribution in [1.29, 1.82) is 0 Å². The summed E-state index contributed by atoms with van der Waals surface area (Å²) in [6.45, 7) is 7.58.